The van der Waals surface area contributed by atoms with Crippen LogP contribution in [0.15, 0.2) is 51.0 Å². The van der Waals surface area contributed by atoms with E-state index in [1.807, 2.05) is 0 Å². The lowest BCUT2D eigenvalue weighted by Crippen LogP contribution is -2.38. The van der Waals surface area contributed by atoms with Crippen LogP contribution >= 0.6 is 31.9 Å². The molecule has 0 radical (unpaired) electrons. The summed E-state index contributed by atoms with van der Waals surface area (Å²) in [5, 5.41) is 5.12. The molecule has 1 heterocycles. The number of methoxy groups -OCH3 is 1. The highest BCUT2D eigenvalue weighted by molar-refractivity contribution is 9.11. The fourth-order valence-corrected chi connectivity index (χ4v) is 4.33. The number of hydrogen-bond donors (Lipinski definition) is 2. The molecular formula is C22H17Br2N3O5. The van der Waals surface area contributed by atoms with Gasteiger partial charge in [-0.05, 0) is 67.8 Å². The Morgan fingerprint density at radius 2 is 1.94 bits per heavy atom. The standard InChI is InChI=1S/C22H17Br2N3O5/c1-3-8-32-20-14(23)9-13(10-15(20)24)11-17-21(29)27(22(30)26-17)12-19(28)25-16-6-4-5-7-18(16)31-2/h1,4-7,9-11H,8,12H2,2H3,(H,25,28)(H,26,30)/b17-11+. The highest BCUT2D eigenvalue weighted by Crippen LogP contribution is 2.35. The molecule has 0 aromatic heterocycles. The maximum atomic E-state index is 12.7. The van der Waals surface area contributed by atoms with Crippen molar-refractivity contribution in [3.05, 3.63) is 56.6 Å². The van der Waals surface area contributed by atoms with Crippen molar-refractivity contribution in [1.82, 2.24) is 10.2 Å². The van der Waals surface area contributed by atoms with Gasteiger partial charge in [-0.3, -0.25) is 9.59 Å². The summed E-state index contributed by atoms with van der Waals surface area (Å²) in [7, 11) is 1.48. The minimum Gasteiger partial charge on any atom is -0.495 e. The van der Waals surface area contributed by atoms with Crippen molar-refractivity contribution in [2.45, 2.75) is 0 Å². The third kappa shape index (κ3) is 5.30. The minimum absolute atomic E-state index is 0.0381. The van der Waals surface area contributed by atoms with Gasteiger partial charge in [-0.25, -0.2) is 9.69 Å². The maximum absolute atomic E-state index is 12.7. The summed E-state index contributed by atoms with van der Waals surface area (Å²) in [5.41, 5.74) is 1.08. The Kier molecular flexibility index (Phi) is 7.56. The second-order valence-corrected chi connectivity index (χ2v) is 8.14. The van der Waals surface area contributed by atoms with Crippen LogP contribution < -0.4 is 20.1 Å². The number of imide groups is 1. The van der Waals surface area contributed by atoms with E-state index in [0.717, 1.165) is 4.90 Å². The Bertz CT molecular complexity index is 1130. The fourth-order valence-electron chi connectivity index (χ4n) is 2.88. The topological polar surface area (TPSA) is 97.0 Å². The van der Waals surface area contributed by atoms with Gasteiger partial charge in [-0.15, -0.1) is 6.42 Å². The Morgan fingerprint density at radius 1 is 1.25 bits per heavy atom. The summed E-state index contributed by atoms with van der Waals surface area (Å²) in [6.45, 7) is -0.357. The van der Waals surface area contributed by atoms with Gasteiger partial charge in [-0.1, -0.05) is 18.1 Å². The molecule has 0 bridgehead atoms. The molecule has 0 spiro atoms. The van der Waals surface area contributed by atoms with Crippen molar-refractivity contribution in [3.63, 3.8) is 0 Å². The van der Waals surface area contributed by atoms with Gasteiger partial charge in [-0.2, -0.15) is 0 Å². The van der Waals surface area contributed by atoms with E-state index in [2.05, 4.69) is 48.4 Å². The second-order valence-electron chi connectivity index (χ2n) is 6.43. The van der Waals surface area contributed by atoms with Gasteiger partial charge in [0.1, 0.15) is 30.3 Å². The average molecular weight is 563 g/mol. The lowest BCUT2D eigenvalue weighted by molar-refractivity contribution is -0.127. The van der Waals surface area contributed by atoms with Crippen LogP contribution in [-0.2, 0) is 9.59 Å². The summed E-state index contributed by atoms with van der Waals surface area (Å²) >= 11 is 6.79. The number of carbonyl (C=O) groups is 3. The molecular weight excluding hydrogens is 546 g/mol. The molecule has 2 N–H and O–H groups in total. The van der Waals surface area contributed by atoms with Gasteiger partial charge in [0.2, 0.25) is 5.91 Å². The van der Waals surface area contributed by atoms with Crippen LogP contribution in [0, 0.1) is 12.3 Å². The molecule has 2 aromatic carbocycles. The number of terminal acetylenes is 1. The zero-order valence-electron chi connectivity index (χ0n) is 16.8. The average Bonchev–Trinajstić information content (AvgIpc) is 3.01. The van der Waals surface area contributed by atoms with Crippen LogP contribution in [-0.4, -0.2) is 43.0 Å². The first-order valence-corrected chi connectivity index (χ1v) is 10.8. The Hall–Kier alpha value is -3.29. The highest BCUT2D eigenvalue weighted by atomic mass is 79.9. The summed E-state index contributed by atoms with van der Waals surface area (Å²) in [4.78, 5) is 38.2. The number of anilines is 1. The summed E-state index contributed by atoms with van der Waals surface area (Å²) in [5.74, 6) is 2.20. The predicted molar refractivity (Wildman–Crippen MR) is 126 cm³/mol. The number of nitrogens with zero attached hydrogens (tertiary/aromatic N) is 1. The number of ether oxygens (including phenoxy) is 2. The molecule has 10 heteroatoms. The van der Waals surface area contributed by atoms with Gasteiger partial charge in [0, 0.05) is 0 Å². The van der Waals surface area contributed by atoms with E-state index in [1.54, 1.807) is 36.4 Å². The Morgan fingerprint density at radius 3 is 2.59 bits per heavy atom. The smallest absolute Gasteiger partial charge is 0.329 e. The van der Waals surface area contributed by atoms with Crippen LogP contribution in [0.3, 0.4) is 0 Å². The van der Waals surface area contributed by atoms with Gasteiger partial charge < -0.3 is 20.1 Å². The van der Waals surface area contributed by atoms with E-state index in [9.17, 15) is 14.4 Å². The first-order valence-electron chi connectivity index (χ1n) is 9.16. The number of urea groups is 1. The molecule has 1 saturated heterocycles. The van der Waals surface area contributed by atoms with Crippen LogP contribution in [0.1, 0.15) is 5.56 Å². The lowest BCUT2D eigenvalue weighted by Gasteiger charge is -2.13. The fraction of sp³-hybridized carbons (Fsp3) is 0.136. The molecule has 8 nitrogen and oxygen atoms in total. The quantitative estimate of drug-likeness (QED) is 0.304. The maximum Gasteiger partial charge on any atom is 0.329 e. The van der Waals surface area contributed by atoms with Crippen LogP contribution in [0.2, 0.25) is 0 Å². The van der Waals surface area contributed by atoms with E-state index in [4.69, 9.17) is 15.9 Å². The summed E-state index contributed by atoms with van der Waals surface area (Å²) < 4.78 is 11.9. The molecule has 3 rings (SSSR count). The first kappa shape index (κ1) is 23.4. The van der Waals surface area contributed by atoms with E-state index in [1.165, 1.54) is 13.2 Å². The van der Waals surface area contributed by atoms with Crippen molar-refractivity contribution < 1.29 is 23.9 Å². The molecule has 0 aliphatic carbocycles. The van der Waals surface area contributed by atoms with Gasteiger partial charge >= 0.3 is 6.03 Å². The van der Waals surface area contributed by atoms with E-state index < -0.39 is 24.4 Å². The van der Waals surface area contributed by atoms with Crippen LogP contribution in [0.5, 0.6) is 11.5 Å². The zero-order chi connectivity index (χ0) is 23.3. The third-order valence-electron chi connectivity index (χ3n) is 4.28. The van der Waals surface area contributed by atoms with Crippen molar-refractivity contribution in [2.24, 2.45) is 0 Å². The molecule has 1 fully saturated rings. The molecule has 32 heavy (non-hydrogen) atoms. The van der Waals surface area contributed by atoms with Gasteiger partial charge in [0.25, 0.3) is 5.91 Å². The predicted octanol–water partition coefficient (Wildman–Crippen LogP) is 3.76. The van der Waals surface area contributed by atoms with Crippen molar-refractivity contribution in [2.75, 3.05) is 25.6 Å². The Balaban J connectivity index is 1.74. The van der Waals surface area contributed by atoms with E-state index in [0.29, 0.717) is 31.7 Å². The number of para-hydroxylation sites is 2. The third-order valence-corrected chi connectivity index (χ3v) is 5.45. The van der Waals surface area contributed by atoms with E-state index >= 15 is 0 Å². The van der Waals surface area contributed by atoms with Crippen molar-refractivity contribution in [3.8, 4) is 23.8 Å². The number of hydrogen-bond acceptors (Lipinski definition) is 5. The number of rotatable bonds is 7. The van der Waals surface area contributed by atoms with Crippen LogP contribution in [0.4, 0.5) is 10.5 Å². The number of benzene rings is 2. The first-order chi connectivity index (χ1) is 15.3. The molecule has 2 aromatic rings. The van der Waals surface area contributed by atoms with Gasteiger partial charge in [0.15, 0.2) is 0 Å². The molecule has 164 valence electrons. The molecule has 4 amide bonds. The van der Waals surface area contributed by atoms with Crippen molar-refractivity contribution >= 4 is 61.5 Å². The molecule has 1 aliphatic heterocycles. The second kappa shape index (κ2) is 10.3. The zero-order valence-corrected chi connectivity index (χ0v) is 19.9. The largest absolute Gasteiger partial charge is 0.495 e. The Labute approximate surface area is 201 Å². The number of nitrogens with one attached hydrogen (secondary N) is 2. The number of carbonyl (C=O) groups excluding carboxylic acids is 3. The summed E-state index contributed by atoms with van der Waals surface area (Å²) in [6.07, 6.45) is 6.72. The normalized spacial score (nSPS) is 14.2. The summed E-state index contributed by atoms with van der Waals surface area (Å²) in [6, 6.07) is 9.55. The SMILES string of the molecule is C#CCOc1c(Br)cc(/C=C2/NC(=O)N(CC(=O)Nc3ccccc3OC)C2=O)cc1Br. The minimum atomic E-state index is -0.691. The van der Waals surface area contributed by atoms with Gasteiger partial charge in [0.05, 0.1) is 21.7 Å². The van der Waals surface area contributed by atoms with Crippen LogP contribution in [0.25, 0.3) is 6.08 Å². The molecule has 0 unspecified atom stereocenters. The lowest BCUT2D eigenvalue weighted by atomic mass is 10.2. The molecule has 0 saturated carbocycles. The van der Waals surface area contributed by atoms with Crippen molar-refractivity contribution in [1.29, 1.82) is 0 Å². The number of amides is 4. The van der Waals surface area contributed by atoms with E-state index in [-0.39, 0.29) is 12.3 Å². The molecule has 0 atom stereocenters. The number of halogens is 2. The monoisotopic (exact) mass is 561 g/mol. The highest BCUT2D eigenvalue weighted by Gasteiger charge is 2.35. The molecule has 1 aliphatic rings.